The standard InChI is InChI=1S/C15H17NO3S.C6H12O/c1-12-11-14(7-8-15(12)17)20(18,19)16-10-9-13-5-3-2-4-6-13;1-2-3-4-6-5-7-6/h2-8,11,16-17H,9-10H2,1H3;6H,2-5H2,1H3. The summed E-state index contributed by atoms with van der Waals surface area (Å²) in [6.07, 6.45) is 5.22. The van der Waals surface area contributed by atoms with E-state index in [1.54, 1.807) is 6.92 Å². The van der Waals surface area contributed by atoms with Crippen LogP contribution < -0.4 is 4.72 Å². The third-order valence-electron chi connectivity index (χ3n) is 4.31. The average Bonchev–Trinajstić information content (AvgIpc) is 3.48. The van der Waals surface area contributed by atoms with Crippen LogP contribution in [0.3, 0.4) is 0 Å². The van der Waals surface area contributed by atoms with Crippen LogP contribution in [-0.4, -0.2) is 32.8 Å². The van der Waals surface area contributed by atoms with Crippen LogP contribution in [0.1, 0.15) is 37.3 Å². The molecule has 0 spiro atoms. The molecular formula is C21H29NO4S. The minimum atomic E-state index is -3.53. The first kappa shape index (κ1) is 21.4. The lowest BCUT2D eigenvalue weighted by molar-refractivity contribution is 0.391. The monoisotopic (exact) mass is 391 g/mol. The number of ether oxygens (including phenoxy) is 1. The second-order valence-corrected chi connectivity index (χ2v) is 8.45. The summed E-state index contributed by atoms with van der Waals surface area (Å²) in [6.45, 7) is 5.24. The lowest BCUT2D eigenvalue weighted by Gasteiger charge is -2.08. The van der Waals surface area contributed by atoms with Crippen LogP contribution in [0.2, 0.25) is 0 Å². The van der Waals surface area contributed by atoms with Gasteiger partial charge in [-0.05, 0) is 49.1 Å². The topological polar surface area (TPSA) is 78.9 Å². The quantitative estimate of drug-likeness (QED) is 0.671. The number of unbranched alkanes of at least 4 members (excludes halogenated alkanes) is 1. The Labute approximate surface area is 162 Å². The van der Waals surface area contributed by atoms with Crippen molar-refractivity contribution in [2.75, 3.05) is 13.2 Å². The highest BCUT2D eigenvalue weighted by Gasteiger charge is 2.20. The van der Waals surface area contributed by atoms with E-state index in [0.29, 0.717) is 24.6 Å². The van der Waals surface area contributed by atoms with Crippen molar-refractivity contribution in [3.63, 3.8) is 0 Å². The lowest BCUT2D eigenvalue weighted by Crippen LogP contribution is -2.26. The molecule has 1 atom stereocenters. The van der Waals surface area contributed by atoms with Gasteiger partial charge in [0.15, 0.2) is 0 Å². The van der Waals surface area contributed by atoms with E-state index in [2.05, 4.69) is 11.6 Å². The maximum absolute atomic E-state index is 12.1. The van der Waals surface area contributed by atoms with Crippen LogP contribution in [0.4, 0.5) is 0 Å². The maximum Gasteiger partial charge on any atom is 0.240 e. The third kappa shape index (κ3) is 7.71. The molecule has 0 aliphatic carbocycles. The molecule has 1 unspecified atom stereocenters. The van der Waals surface area contributed by atoms with Gasteiger partial charge in [0.1, 0.15) is 5.75 Å². The Morgan fingerprint density at radius 3 is 2.48 bits per heavy atom. The predicted octanol–water partition coefficient (Wildman–Crippen LogP) is 3.80. The summed E-state index contributed by atoms with van der Waals surface area (Å²) < 4.78 is 31.8. The van der Waals surface area contributed by atoms with Gasteiger partial charge in [0.2, 0.25) is 10.0 Å². The van der Waals surface area contributed by atoms with E-state index in [0.717, 1.165) is 12.2 Å². The van der Waals surface area contributed by atoms with E-state index < -0.39 is 10.0 Å². The van der Waals surface area contributed by atoms with Gasteiger partial charge in [-0.3, -0.25) is 0 Å². The van der Waals surface area contributed by atoms with Crippen molar-refractivity contribution in [2.45, 2.75) is 50.5 Å². The number of epoxide rings is 1. The number of sulfonamides is 1. The van der Waals surface area contributed by atoms with Crippen molar-refractivity contribution >= 4 is 10.0 Å². The summed E-state index contributed by atoms with van der Waals surface area (Å²) in [4.78, 5) is 0.167. The highest BCUT2D eigenvalue weighted by atomic mass is 32.2. The predicted molar refractivity (Wildman–Crippen MR) is 107 cm³/mol. The minimum absolute atomic E-state index is 0.0910. The number of rotatable bonds is 8. The van der Waals surface area contributed by atoms with E-state index in [4.69, 9.17) is 4.74 Å². The van der Waals surface area contributed by atoms with Gasteiger partial charge in [-0.25, -0.2) is 13.1 Å². The zero-order chi connectivity index (χ0) is 19.7. The number of aromatic hydroxyl groups is 1. The number of phenols is 1. The number of benzene rings is 2. The zero-order valence-corrected chi connectivity index (χ0v) is 16.8. The van der Waals surface area contributed by atoms with Crippen molar-refractivity contribution < 1.29 is 18.3 Å². The van der Waals surface area contributed by atoms with Crippen molar-refractivity contribution in [2.24, 2.45) is 0 Å². The number of aryl methyl sites for hydroxylation is 1. The van der Waals surface area contributed by atoms with E-state index in [1.165, 1.54) is 37.5 Å². The van der Waals surface area contributed by atoms with Crippen molar-refractivity contribution in [1.29, 1.82) is 0 Å². The summed E-state index contributed by atoms with van der Waals surface area (Å²) in [6, 6.07) is 13.9. The summed E-state index contributed by atoms with van der Waals surface area (Å²) in [7, 11) is -3.53. The Kier molecular flexibility index (Phi) is 8.28. The minimum Gasteiger partial charge on any atom is -0.508 e. The molecule has 0 radical (unpaired) electrons. The highest BCUT2D eigenvalue weighted by Crippen LogP contribution is 2.20. The van der Waals surface area contributed by atoms with Gasteiger partial charge in [0.25, 0.3) is 0 Å². The van der Waals surface area contributed by atoms with Gasteiger partial charge in [-0.2, -0.15) is 0 Å². The van der Waals surface area contributed by atoms with Crippen LogP contribution in [0.15, 0.2) is 53.4 Å². The van der Waals surface area contributed by atoms with E-state index >= 15 is 0 Å². The smallest absolute Gasteiger partial charge is 0.240 e. The fraction of sp³-hybridized carbons (Fsp3) is 0.429. The molecule has 1 aliphatic heterocycles. The summed E-state index contributed by atoms with van der Waals surface area (Å²) in [5.41, 5.74) is 1.62. The zero-order valence-electron chi connectivity index (χ0n) is 16.0. The van der Waals surface area contributed by atoms with Crippen LogP contribution in [0, 0.1) is 6.92 Å². The SMILES string of the molecule is CCCCC1CO1.Cc1cc(S(=O)(=O)NCCc2ccccc2)ccc1O. The summed E-state index contributed by atoms with van der Waals surface area (Å²) >= 11 is 0. The van der Waals surface area contributed by atoms with Gasteiger partial charge in [0.05, 0.1) is 17.6 Å². The Morgan fingerprint density at radius 1 is 1.19 bits per heavy atom. The molecule has 1 saturated heterocycles. The molecule has 6 heteroatoms. The normalized spacial score (nSPS) is 15.7. The first-order chi connectivity index (χ1) is 12.9. The number of hydrogen-bond donors (Lipinski definition) is 2. The Morgan fingerprint density at radius 2 is 1.89 bits per heavy atom. The lowest BCUT2D eigenvalue weighted by atomic mass is 10.2. The second-order valence-electron chi connectivity index (χ2n) is 6.68. The molecule has 1 fully saturated rings. The van der Waals surface area contributed by atoms with Crippen LogP contribution >= 0.6 is 0 Å². The van der Waals surface area contributed by atoms with E-state index in [9.17, 15) is 13.5 Å². The molecule has 1 aliphatic rings. The molecule has 27 heavy (non-hydrogen) atoms. The molecule has 2 aromatic rings. The second kappa shape index (κ2) is 10.4. The molecule has 148 valence electrons. The van der Waals surface area contributed by atoms with Gasteiger partial charge < -0.3 is 9.84 Å². The molecule has 5 nitrogen and oxygen atoms in total. The van der Waals surface area contributed by atoms with Crippen LogP contribution in [0.25, 0.3) is 0 Å². The highest BCUT2D eigenvalue weighted by molar-refractivity contribution is 7.89. The van der Waals surface area contributed by atoms with Crippen LogP contribution in [0.5, 0.6) is 5.75 Å². The van der Waals surface area contributed by atoms with Crippen molar-refractivity contribution in [3.05, 3.63) is 59.7 Å². The van der Waals surface area contributed by atoms with Crippen molar-refractivity contribution in [3.8, 4) is 5.75 Å². The summed E-state index contributed by atoms with van der Waals surface area (Å²) in [5.74, 6) is 0.0910. The van der Waals surface area contributed by atoms with Crippen LogP contribution in [-0.2, 0) is 21.2 Å². The molecular weight excluding hydrogens is 362 g/mol. The van der Waals surface area contributed by atoms with Gasteiger partial charge in [-0.15, -0.1) is 0 Å². The molecule has 0 amide bonds. The fourth-order valence-corrected chi connectivity index (χ4v) is 3.64. The first-order valence-corrected chi connectivity index (χ1v) is 10.9. The third-order valence-corrected chi connectivity index (χ3v) is 5.77. The number of phenolic OH excluding ortho intramolecular Hbond substituents is 1. The first-order valence-electron chi connectivity index (χ1n) is 9.37. The Hall–Kier alpha value is -1.89. The molecule has 0 saturated carbocycles. The number of hydrogen-bond acceptors (Lipinski definition) is 4. The molecule has 0 bridgehead atoms. The van der Waals surface area contributed by atoms with Gasteiger partial charge in [0, 0.05) is 6.54 Å². The Bertz CT molecular complexity index is 802. The average molecular weight is 392 g/mol. The molecule has 3 rings (SSSR count). The molecule has 1 heterocycles. The van der Waals surface area contributed by atoms with E-state index in [1.807, 2.05) is 30.3 Å². The Balaban J connectivity index is 0.000000313. The molecule has 2 aromatic carbocycles. The van der Waals surface area contributed by atoms with Crippen molar-refractivity contribution in [1.82, 2.24) is 4.72 Å². The maximum atomic E-state index is 12.1. The fourth-order valence-electron chi connectivity index (χ4n) is 2.52. The van der Waals surface area contributed by atoms with Gasteiger partial charge in [-0.1, -0.05) is 50.1 Å². The largest absolute Gasteiger partial charge is 0.508 e. The number of nitrogens with one attached hydrogen (secondary N) is 1. The summed E-state index contributed by atoms with van der Waals surface area (Å²) in [5, 5.41) is 9.42. The molecule has 0 aromatic heterocycles. The molecule has 2 N–H and O–H groups in total. The van der Waals surface area contributed by atoms with Gasteiger partial charge >= 0.3 is 0 Å². The van der Waals surface area contributed by atoms with E-state index in [-0.39, 0.29) is 10.6 Å².